The van der Waals surface area contributed by atoms with Crippen molar-refractivity contribution in [1.82, 2.24) is 9.97 Å². The van der Waals surface area contributed by atoms with E-state index in [-0.39, 0.29) is 17.6 Å². The number of rotatable bonds is 4. The van der Waals surface area contributed by atoms with Crippen molar-refractivity contribution in [2.45, 2.75) is 12.8 Å². The summed E-state index contributed by atoms with van der Waals surface area (Å²) in [6.45, 7) is 0. The summed E-state index contributed by atoms with van der Waals surface area (Å²) in [5, 5.41) is 0.734. The van der Waals surface area contributed by atoms with Crippen LogP contribution in [0.4, 0.5) is 20.5 Å². The highest BCUT2D eigenvalue weighted by molar-refractivity contribution is 5.93. The molecule has 4 N–H and O–H groups in total. The standard InChI is InChI=1S/C22H18F2N4/c23-16-6-1-13(2-7-16)11-15-5-10-19-20(21(25)28-22(26)27-19)18(15)12-14-3-8-17(24)9-4-14/h1-10H,11-12H2,(H4,25,26,27,28). The zero-order chi connectivity index (χ0) is 19.7. The van der Waals surface area contributed by atoms with Crippen molar-refractivity contribution in [3.05, 3.63) is 94.6 Å². The zero-order valence-corrected chi connectivity index (χ0v) is 15.0. The fourth-order valence-electron chi connectivity index (χ4n) is 3.38. The lowest BCUT2D eigenvalue weighted by atomic mass is 9.92. The van der Waals surface area contributed by atoms with Gasteiger partial charge in [-0.05, 0) is 65.4 Å². The second kappa shape index (κ2) is 7.23. The summed E-state index contributed by atoms with van der Waals surface area (Å²) >= 11 is 0. The van der Waals surface area contributed by atoms with Gasteiger partial charge in [-0.2, -0.15) is 4.98 Å². The molecule has 6 heteroatoms. The highest BCUT2D eigenvalue weighted by Crippen LogP contribution is 2.30. The molecule has 0 aliphatic heterocycles. The first-order valence-corrected chi connectivity index (χ1v) is 8.82. The third-order valence-corrected chi connectivity index (χ3v) is 4.72. The van der Waals surface area contributed by atoms with Gasteiger partial charge in [-0.15, -0.1) is 0 Å². The molecule has 4 aromatic rings. The summed E-state index contributed by atoms with van der Waals surface area (Å²) in [5.41, 5.74) is 16.4. The zero-order valence-electron chi connectivity index (χ0n) is 15.0. The van der Waals surface area contributed by atoms with Crippen molar-refractivity contribution in [2.24, 2.45) is 0 Å². The first-order valence-electron chi connectivity index (χ1n) is 8.82. The predicted molar refractivity (Wildman–Crippen MR) is 107 cm³/mol. The fourth-order valence-corrected chi connectivity index (χ4v) is 3.38. The average molecular weight is 376 g/mol. The summed E-state index contributed by atoms with van der Waals surface area (Å²) < 4.78 is 26.6. The van der Waals surface area contributed by atoms with Crippen LogP contribution in [0, 0.1) is 11.6 Å². The largest absolute Gasteiger partial charge is 0.383 e. The van der Waals surface area contributed by atoms with Crippen molar-refractivity contribution in [3.63, 3.8) is 0 Å². The Bertz CT molecular complexity index is 1140. The van der Waals surface area contributed by atoms with Crippen LogP contribution in [-0.2, 0) is 12.8 Å². The average Bonchev–Trinajstić information content (AvgIpc) is 2.66. The third-order valence-electron chi connectivity index (χ3n) is 4.72. The second-order valence-electron chi connectivity index (χ2n) is 6.67. The number of hydrogen-bond donors (Lipinski definition) is 2. The van der Waals surface area contributed by atoms with E-state index >= 15 is 0 Å². The number of anilines is 2. The first kappa shape index (κ1) is 17.9. The summed E-state index contributed by atoms with van der Waals surface area (Å²) in [7, 11) is 0. The highest BCUT2D eigenvalue weighted by atomic mass is 19.1. The third kappa shape index (κ3) is 3.62. The van der Waals surface area contributed by atoms with Crippen molar-refractivity contribution in [3.8, 4) is 0 Å². The number of hydrogen-bond acceptors (Lipinski definition) is 4. The molecule has 0 bridgehead atoms. The Labute approximate surface area is 160 Å². The molecule has 0 radical (unpaired) electrons. The number of nitrogens with zero attached hydrogens (tertiary/aromatic N) is 2. The van der Waals surface area contributed by atoms with Gasteiger partial charge in [0.2, 0.25) is 5.95 Å². The van der Waals surface area contributed by atoms with Crippen LogP contribution in [0.2, 0.25) is 0 Å². The Morgan fingerprint density at radius 1 is 0.679 bits per heavy atom. The van der Waals surface area contributed by atoms with Gasteiger partial charge >= 0.3 is 0 Å². The molecule has 3 aromatic carbocycles. The minimum atomic E-state index is -0.288. The maximum atomic E-state index is 13.3. The molecule has 0 aliphatic carbocycles. The van der Waals surface area contributed by atoms with Gasteiger partial charge < -0.3 is 11.5 Å². The SMILES string of the molecule is Nc1nc(N)c2c(Cc3ccc(F)cc3)c(Cc3ccc(F)cc3)ccc2n1. The normalized spacial score (nSPS) is 11.1. The topological polar surface area (TPSA) is 77.8 Å². The van der Waals surface area contributed by atoms with E-state index in [1.54, 1.807) is 24.3 Å². The quantitative estimate of drug-likeness (QED) is 0.558. The second-order valence-corrected chi connectivity index (χ2v) is 6.67. The van der Waals surface area contributed by atoms with E-state index in [0.717, 1.165) is 27.6 Å². The van der Waals surface area contributed by atoms with E-state index in [9.17, 15) is 8.78 Å². The van der Waals surface area contributed by atoms with Crippen LogP contribution in [0.15, 0.2) is 60.7 Å². The van der Waals surface area contributed by atoms with Gasteiger partial charge in [-0.3, -0.25) is 0 Å². The van der Waals surface area contributed by atoms with E-state index < -0.39 is 0 Å². The first-order chi connectivity index (χ1) is 13.5. The maximum Gasteiger partial charge on any atom is 0.222 e. The van der Waals surface area contributed by atoms with Crippen molar-refractivity contribution >= 4 is 22.7 Å². The predicted octanol–water partition coefficient (Wildman–Crippen LogP) is 4.25. The van der Waals surface area contributed by atoms with Crippen LogP contribution >= 0.6 is 0 Å². The Morgan fingerprint density at radius 2 is 1.25 bits per heavy atom. The van der Waals surface area contributed by atoms with E-state index in [1.807, 2.05) is 12.1 Å². The van der Waals surface area contributed by atoms with Gasteiger partial charge in [0.25, 0.3) is 0 Å². The molecule has 0 aliphatic rings. The van der Waals surface area contributed by atoms with Gasteiger partial charge in [0.05, 0.1) is 5.52 Å². The van der Waals surface area contributed by atoms with Crippen LogP contribution in [0.1, 0.15) is 22.3 Å². The van der Waals surface area contributed by atoms with Gasteiger partial charge in [0, 0.05) is 5.39 Å². The molecule has 0 saturated carbocycles. The van der Waals surface area contributed by atoms with E-state index in [0.29, 0.717) is 24.2 Å². The lowest BCUT2D eigenvalue weighted by Crippen LogP contribution is -2.06. The molecule has 0 unspecified atom stereocenters. The van der Waals surface area contributed by atoms with Crippen molar-refractivity contribution in [1.29, 1.82) is 0 Å². The number of fused-ring (bicyclic) bond motifs is 1. The highest BCUT2D eigenvalue weighted by Gasteiger charge is 2.14. The van der Waals surface area contributed by atoms with Gasteiger partial charge in [0.15, 0.2) is 0 Å². The summed E-state index contributed by atoms with van der Waals surface area (Å²) in [5.74, 6) is -0.143. The molecule has 140 valence electrons. The Hall–Kier alpha value is -3.54. The summed E-state index contributed by atoms with van der Waals surface area (Å²) in [6.07, 6.45) is 1.13. The molecule has 0 spiro atoms. The van der Waals surface area contributed by atoms with Crippen LogP contribution in [0.3, 0.4) is 0 Å². The Morgan fingerprint density at radius 3 is 1.86 bits per heavy atom. The molecule has 0 saturated heterocycles. The lowest BCUT2D eigenvalue weighted by molar-refractivity contribution is 0.626. The van der Waals surface area contributed by atoms with E-state index in [2.05, 4.69) is 9.97 Å². The number of halogens is 2. The number of aromatic nitrogens is 2. The number of nitrogen functional groups attached to an aromatic ring is 2. The molecule has 1 aromatic heterocycles. The minimum absolute atomic E-state index is 0.115. The molecule has 0 amide bonds. The van der Waals surface area contributed by atoms with Crippen LogP contribution in [0.25, 0.3) is 10.9 Å². The van der Waals surface area contributed by atoms with Crippen LogP contribution in [-0.4, -0.2) is 9.97 Å². The summed E-state index contributed by atoms with van der Waals surface area (Å²) in [6, 6.07) is 16.5. The molecule has 4 nitrogen and oxygen atoms in total. The molecular weight excluding hydrogens is 358 g/mol. The van der Waals surface area contributed by atoms with Gasteiger partial charge in [-0.25, -0.2) is 13.8 Å². The van der Waals surface area contributed by atoms with Crippen LogP contribution < -0.4 is 11.5 Å². The molecule has 4 rings (SSSR count). The minimum Gasteiger partial charge on any atom is -0.383 e. The monoisotopic (exact) mass is 376 g/mol. The van der Waals surface area contributed by atoms with Gasteiger partial charge in [0.1, 0.15) is 17.5 Å². The van der Waals surface area contributed by atoms with E-state index in [1.165, 1.54) is 24.3 Å². The smallest absolute Gasteiger partial charge is 0.222 e. The van der Waals surface area contributed by atoms with Crippen molar-refractivity contribution < 1.29 is 8.78 Å². The molecular formula is C22H18F2N4. The molecule has 28 heavy (non-hydrogen) atoms. The fraction of sp³-hybridized carbons (Fsp3) is 0.0909. The number of benzene rings is 3. The molecule has 0 fully saturated rings. The molecule has 0 atom stereocenters. The number of nitrogens with two attached hydrogens (primary N) is 2. The molecule has 1 heterocycles. The summed E-state index contributed by atoms with van der Waals surface area (Å²) in [4.78, 5) is 8.40. The van der Waals surface area contributed by atoms with Crippen LogP contribution in [0.5, 0.6) is 0 Å². The Balaban J connectivity index is 1.85. The maximum absolute atomic E-state index is 13.3. The lowest BCUT2D eigenvalue weighted by Gasteiger charge is -2.15. The van der Waals surface area contributed by atoms with E-state index in [4.69, 9.17) is 11.5 Å². The Kier molecular flexibility index (Phi) is 4.61. The van der Waals surface area contributed by atoms with Crippen molar-refractivity contribution in [2.75, 3.05) is 11.5 Å². The van der Waals surface area contributed by atoms with Gasteiger partial charge in [-0.1, -0.05) is 30.3 Å².